The Bertz CT molecular complexity index is 313. The molecule has 1 rings (SSSR count). The Balaban J connectivity index is 2.21. The molecule has 0 saturated heterocycles. The molecule has 0 bridgehead atoms. The molecule has 0 heterocycles. The van der Waals surface area contributed by atoms with Crippen molar-refractivity contribution in [3.63, 3.8) is 0 Å². The van der Waals surface area contributed by atoms with Crippen LogP contribution >= 0.6 is 23.2 Å². The van der Waals surface area contributed by atoms with E-state index in [0.717, 1.165) is 23.7 Å². The Hall–Kier alpha value is -0.240. The fourth-order valence-electron chi connectivity index (χ4n) is 1.56. The van der Waals surface area contributed by atoms with Gasteiger partial charge in [-0.05, 0) is 30.7 Å². The van der Waals surface area contributed by atoms with Gasteiger partial charge in [-0.3, -0.25) is 0 Å². The van der Waals surface area contributed by atoms with Crippen molar-refractivity contribution in [3.8, 4) is 0 Å². The smallest absolute Gasteiger partial charge is 0.0465 e. The quantitative estimate of drug-likeness (QED) is 0.703. The Labute approximate surface area is 108 Å². The van der Waals surface area contributed by atoms with Gasteiger partial charge in [0.05, 0.1) is 0 Å². The van der Waals surface area contributed by atoms with Crippen LogP contribution in [-0.4, -0.2) is 6.54 Å². The molecule has 0 unspecified atom stereocenters. The first kappa shape index (κ1) is 13.8. The average Bonchev–Trinajstić information content (AvgIpc) is 2.26. The van der Waals surface area contributed by atoms with E-state index in [2.05, 4.69) is 12.2 Å². The molecule has 0 radical (unpaired) electrons. The molecule has 1 aromatic rings. The molecule has 0 aliphatic rings. The predicted octanol–water partition coefficient (Wildman–Crippen LogP) is 4.66. The molecular weight excluding hydrogens is 241 g/mol. The Morgan fingerprint density at radius 2 is 1.94 bits per heavy atom. The lowest BCUT2D eigenvalue weighted by Gasteiger charge is -2.06. The van der Waals surface area contributed by atoms with Gasteiger partial charge in [0.1, 0.15) is 0 Å². The van der Waals surface area contributed by atoms with Gasteiger partial charge in [0.2, 0.25) is 0 Å². The molecule has 1 aromatic carbocycles. The number of halogens is 2. The molecule has 1 N–H and O–H groups in total. The van der Waals surface area contributed by atoms with Crippen LogP contribution in [0.5, 0.6) is 0 Å². The number of hydrogen-bond donors (Lipinski definition) is 1. The molecule has 0 atom stereocenters. The summed E-state index contributed by atoms with van der Waals surface area (Å²) in [5, 5.41) is 4.83. The number of hydrogen-bond acceptors (Lipinski definition) is 1. The van der Waals surface area contributed by atoms with Crippen LogP contribution < -0.4 is 5.32 Å². The molecule has 0 aliphatic carbocycles. The summed E-state index contributed by atoms with van der Waals surface area (Å²) in [6.45, 7) is 4.10. The summed E-state index contributed by atoms with van der Waals surface area (Å²) < 4.78 is 0. The van der Waals surface area contributed by atoms with E-state index in [1.165, 1.54) is 25.7 Å². The van der Waals surface area contributed by atoms with Crippen LogP contribution in [0, 0.1) is 0 Å². The van der Waals surface area contributed by atoms with Crippen molar-refractivity contribution >= 4 is 23.2 Å². The van der Waals surface area contributed by atoms with Crippen LogP contribution in [0.3, 0.4) is 0 Å². The van der Waals surface area contributed by atoms with Crippen LogP contribution in [0.2, 0.25) is 10.0 Å². The SMILES string of the molecule is CCCCCCNCc1ccc(Cl)cc1Cl. The van der Waals surface area contributed by atoms with E-state index >= 15 is 0 Å². The van der Waals surface area contributed by atoms with Crippen LogP contribution in [0.4, 0.5) is 0 Å². The van der Waals surface area contributed by atoms with Crippen molar-refractivity contribution in [1.29, 1.82) is 0 Å². The second-order valence-corrected chi connectivity index (χ2v) is 4.82. The van der Waals surface area contributed by atoms with E-state index in [1.807, 2.05) is 12.1 Å². The van der Waals surface area contributed by atoms with Crippen LogP contribution in [0.1, 0.15) is 38.2 Å². The lowest BCUT2D eigenvalue weighted by Crippen LogP contribution is -2.14. The van der Waals surface area contributed by atoms with Crippen molar-refractivity contribution in [2.24, 2.45) is 0 Å². The first-order valence-electron chi connectivity index (χ1n) is 5.88. The lowest BCUT2D eigenvalue weighted by atomic mass is 10.2. The number of nitrogens with one attached hydrogen (secondary N) is 1. The number of benzene rings is 1. The molecule has 0 spiro atoms. The molecule has 0 saturated carbocycles. The zero-order valence-corrected chi connectivity index (χ0v) is 11.2. The minimum Gasteiger partial charge on any atom is -0.313 e. The van der Waals surface area contributed by atoms with Gasteiger partial charge >= 0.3 is 0 Å². The molecule has 16 heavy (non-hydrogen) atoms. The maximum atomic E-state index is 6.07. The molecular formula is C13H19Cl2N. The summed E-state index contributed by atoms with van der Waals surface area (Å²) >= 11 is 11.9. The first-order chi connectivity index (χ1) is 7.74. The highest BCUT2D eigenvalue weighted by molar-refractivity contribution is 6.35. The molecule has 0 aromatic heterocycles. The fraction of sp³-hybridized carbons (Fsp3) is 0.538. The van der Waals surface area contributed by atoms with Gasteiger partial charge in [0.25, 0.3) is 0 Å². The van der Waals surface area contributed by atoms with Crippen molar-refractivity contribution in [2.75, 3.05) is 6.54 Å². The first-order valence-corrected chi connectivity index (χ1v) is 6.64. The minimum absolute atomic E-state index is 0.691. The standard InChI is InChI=1S/C13H19Cl2N/c1-2-3-4-5-8-16-10-11-6-7-12(14)9-13(11)15/h6-7,9,16H,2-5,8,10H2,1H3. The minimum atomic E-state index is 0.691. The fourth-order valence-corrected chi connectivity index (χ4v) is 2.04. The van der Waals surface area contributed by atoms with Gasteiger partial charge in [0, 0.05) is 16.6 Å². The number of rotatable bonds is 7. The van der Waals surface area contributed by atoms with Crippen LogP contribution in [0.15, 0.2) is 18.2 Å². The molecule has 90 valence electrons. The molecule has 0 aliphatic heterocycles. The summed E-state index contributed by atoms with van der Waals surface area (Å²) in [6, 6.07) is 5.64. The van der Waals surface area contributed by atoms with Gasteiger partial charge in [-0.25, -0.2) is 0 Å². The van der Waals surface area contributed by atoms with Crippen LogP contribution in [-0.2, 0) is 6.54 Å². The lowest BCUT2D eigenvalue weighted by molar-refractivity contribution is 0.598. The van der Waals surface area contributed by atoms with Gasteiger partial charge in [0.15, 0.2) is 0 Å². The number of unbranched alkanes of at least 4 members (excludes halogenated alkanes) is 3. The van der Waals surface area contributed by atoms with Gasteiger partial charge in [-0.2, -0.15) is 0 Å². The third-order valence-corrected chi connectivity index (χ3v) is 3.12. The van der Waals surface area contributed by atoms with E-state index in [9.17, 15) is 0 Å². The third kappa shape index (κ3) is 5.20. The molecule has 0 amide bonds. The largest absolute Gasteiger partial charge is 0.313 e. The molecule has 0 fully saturated rings. The van der Waals surface area contributed by atoms with Crippen molar-refractivity contribution in [1.82, 2.24) is 5.32 Å². The van der Waals surface area contributed by atoms with Gasteiger partial charge < -0.3 is 5.32 Å². The van der Waals surface area contributed by atoms with Gasteiger partial charge in [-0.1, -0.05) is 55.5 Å². The Morgan fingerprint density at radius 1 is 1.12 bits per heavy atom. The zero-order chi connectivity index (χ0) is 11.8. The summed E-state index contributed by atoms with van der Waals surface area (Å²) in [7, 11) is 0. The molecule has 3 heteroatoms. The highest BCUT2D eigenvalue weighted by atomic mass is 35.5. The van der Waals surface area contributed by atoms with Crippen molar-refractivity contribution in [3.05, 3.63) is 33.8 Å². The maximum Gasteiger partial charge on any atom is 0.0465 e. The van der Waals surface area contributed by atoms with E-state index in [4.69, 9.17) is 23.2 Å². The summed E-state index contributed by atoms with van der Waals surface area (Å²) in [5.74, 6) is 0. The van der Waals surface area contributed by atoms with E-state index < -0.39 is 0 Å². The Kier molecular flexibility index (Phi) is 6.86. The van der Waals surface area contributed by atoms with Crippen LogP contribution in [0.25, 0.3) is 0 Å². The summed E-state index contributed by atoms with van der Waals surface area (Å²) in [6.07, 6.45) is 5.14. The van der Waals surface area contributed by atoms with E-state index in [-0.39, 0.29) is 0 Å². The predicted molar refractivity (Wildman–Crippen MR) is 72.3 cm³/mol. The zero-order valence-electron chi connectivity index (χ0n) is 9.73. The third-order valence-electron chi connectivity index (χ3n) is 2.54. The second kappa shape index (κ2) is 7.94. The van der Waals surface area contributed by atoms with E-state index in [0.29, 0.717) is 5.02 Å². The maximum absolute atomic E-state index is 6.07. The normalized spacial score (nSPS) is 10.7. The topological polar surface area (TPSA) is 12.0 Å². The summed E-state index contributed by atoms with van der Waals surface area (Å²) in [5.41, 5.74) is 1.11. The summed E-state index contributed by atoms with van der Waals surface area (Å²) in [4.78, 5) is 0. The Morgan fingerprint density at radius 3 is 2.62 bits per heavy atom. The highest BCUT2D eigenvalue weighted by Gasteiger charge is 2.00. The van der Waals surface area contributed by atoms with Crippen molar-refractivity contribution < 1.29 is 0 Å². The van der Waals surface area contributed by atoms with Crippen molar-refractivity contribution in [2.45, 2.75) is 39.2 Å². The average molecular weight is 260 g/mol. The van der Waals surface area contributed by atoms with E-state index in [1.54, 1.807) is 6.07 Å². The highest BCUT2D eigenvalue weighted by Crippen LogP contribution is 2.20. The van der Waals surface area contributed by atoms with Gasteiger partial charge in [-0.15, -0.1) is 0 Å². The monoisotopic (exact) mass is 259 g/mol. The second-order valence-electron chi connectivity index (χ2n) is 3.97. The molecule has 1 nitrogen and oxygen atoms in total.